The molecule has 0 aliphatic carbocycles. The van der Waals surface area contributed by atoms with Gasteiger partial charge in [-0.3, -0.25) is 0 Å². The summed E-state index contributed by atoms with van der Waals surface area (Å²) >= 11 is 0. The molecule has 0 heterocycles. The van der Waals surface area contributed by atoms with E-state index in [0.717, 1.165) is 0 Å². The van der Waals surface area contributed by atoms with E-state index in [1.165, 1.54) is 6.07 Å². The highest BCUT2D eigenvalue weighted by Gasteiger charge is 2.07. The Labute approximate surface area is 137 Å². The lowest BCUT2D eigenvalue weighted by Gasteiger charge is -2.13. The second-order valence-corrected chi connectivity index (χ2v) is 4.54. The van der Waals surface area contributed by atoms with Crippen LogP contribution in [0.2, 0.25) is 0 Å². The summed E-state index contributed by atoms with van der Waals surface area (Å²) in [6.07, 6.45) is 0. The van der Waals surface area contributed by atoms with Gasteiger partial charge in [0.1, 0.15) is 19.0 Å². The molecule has 0 fully saturated rings. The molecule has 0 atom stereocenters. The van der Waals surface area contributed by atoms with E-state index in [9.17, 15) is 5.11 Å². The first kappa shape index (κ1) is 19.5. The molecule has 0 saturated heterocycles. The van der Waals surface area contributed by atoms with Crippen molar-refractivity contribution in [3.05, 3.63) is 18.2 Å². The van der Waals surface area contributed by atoms with Gasteiger partial charge in [-0.2, -0.15) is 0 Å². The topological polar surface area (TPSA) is 75.6 Å². The van der Waals surface area contributed by atoms with Crippen LogP contribution >= 0.6 is 0 Å². The van der Waals surface area contributed by atoms with Crippen LogP contribution in [0.3, 0.4) is 0 Å². The number of methoxy groups -OCH3 is 2. The van der Waals surface area contributed by atoms with Crippen LogP contribution in [0.15, 0.2) is 18.2 Å². The number of rotatable bonds is 14. The van der Waals surface area contributed by atoms with E-state index in [1.807, 2.05) is 0 Å². The normalized spacial score (nSPS) is 10.7. The number of aromatic hydroxyl groups is 1. The number of ether oxygens (including phenoxy) is 6. The van der Waals surface area contributed by atoms with E-state index in [4.69, 9.17) is 28.4 Å². The van der Waals surface area contributed by atoms with E-state index in [2.05, 4.69) is 0 Å². The molecule has 23 heavy (non-hydrogen) atoms. The van der Waals surface area contributed by atoms with E-state index in [1.54, 1.807) is 26.4 Å². The van der Waals surface area contributed by atoms with Crippen LogP contribution in [0.25, 0.3) is 0 Å². The summed E-state index contributed by atoms with van der Waals surface area (Å²) in [6, 6.07) is 4.71. The molecule has 0 spiro atoms. The van der Waals surface area contributed by atoms with Crippen LogP contribution in [0, 0.1) is 0 Å². The van der Waals surface area contributed by atoms with E-state index in [0.29, 0.717) is 64.4 Å². The molecule has 1 aromatic rings. The molecule has 0 radical (unpaired) electrons. The maximum atomic E-state index is 9.56. The van der Waals surface area contributed by atoms with Crippen LogP contribution < -0.4 is 9.47 Å². The van der Waals surface area contributed by atoms with Crippen molar-refractivity contribution in [2.75, 3.05) is 67.1 Å². The molecule has 0 saturated carbocycles. The maximum absolute atomic E-state index is 9.56. The van der Waals surface area contributed by atoms with Crippen molar-refractivity contribution >= 4 is 0 Å². The van der Waals surface area contributed by atoms with Gasteiger partial charge in [-0.1, -0.05) is 0 Å². The average Bonchev–Trinajstić information content (AvgIpc) is 2.55. The molecular weight excluding hydrogens is 304 g/mol. The molecule has 132 valence electrons. The van der Waals surface area contributed by atoms with Gasteiger partial charge in [-0.05, 0) is 12.1 Å². The number of benzene rings is 1. The van der Waals surface area contributed by atoms with Crippen molar-refractivity contribution in [3.63, 3.8) is 0 Å². The summed E-state index contributed by atoms with van der Waals surface area (Å²) in [5.74, 6) is 1.14. The largest absolute Gasteiger partial charge is 0.508 e. The van der Waals surface area contributed by atoms with Gasteiger partial charge in [-0.25, -0.2) is 0 Å². The summed E-state index contributed by atoms with van der Waals surface area (Å²) in [5.41, 5.74) is 0. The maximum Gasteiger partial charge on any atom is 0.164 e. The molecule has 0 unspecified atom stereocenters. The molecular formula is C16H26O7. The second-order valence-electron chi connectivity index (χ2n) is 4.54. The van der Waals surface area contributed by atoms with Crippen LogP contribution in [0.5, 0.6) is 17.2 Å². The van der Waals surface area contributed by atoms with Crippen molar-refractivity contribution in [2.24, 2.45) is 0 Å². The molecule has 0 aliphatic heterocycles. The fraction of sp³-hybridized carbons (Fsp3) is 0.625. The van der Waals surface area contributed by atoms with Crippen molar-refractivity contribution in [2.45, 2.75) is 0 Å². The first-order valence-electron chi connectivity index (χ1n) is 7.50. The van der Waals surface area contributed by atoms with Gasteiger partial charge in [0, 0.05) is 20.3 Å². The minimum absolute atomic E-state index is 0.115. The minimum atomic E-state index is 0.115. The lowest BCUT2D eigenvalue weighted by Crippen LogP contribution is -2.12. The number of phenols is 1. The summed E-state index contributed by atoms with van der Waals surface area (Å²) in [6.45, 7) is 3.76. The molecule has 0 aromatic heterocycles. The summed E-state index contributed by atoms with van der Waals surface area (Å²) in [4.78, 5) is 0. The zero-order valence-corrected chi connectivity index (χ0v) is 13.8. The molecule has 0 bridgehead atoms. The Morgan fingerprint density at radius 3 is 1.78 bits per heavy atom. The lowest BCUT2D eigenvalue weighted by atomic mass is 10.3. The molecule has 7 nitrogen and oxygen atoms in total. The number of hydrogen-bond acceptors (Lipinski definition) is 7. The van der Waals surface area contributed by atoms with Crippen molar-refractivity contribution in [3.8, 4) is 17.2 Å². The van der Waals surface area contributed by atoms with Crippen LogP contribution in [0.4, 0.5) is 0 Å². The zero-order chi connectivity index (χ0) is 16.8. The van der Waals surface area contributed by atoms with E-state index < -0.39 is 0 Å². The predicted octanol–water partition coefficient (Wildman–Crippen LogP) is 1.48. The van der Waals surface area contributed by atoms with Crippen LogP contribution in [0.1, 0.15) is 0 Å². The minimum Gasteiger partial charge on any atom is -0.508 e. The van der Waals surface area contributed by atoms with Gasteiger partial charge in [0.05, 0.1) is 39.6 Å². The van der Waals surface area contributed by atoms with Gasteiger partial charge in [0.2, 0.25) is 0 Å². The third-order valence-corrected chi connectivity index (χ3v) is 2.76. The third kappa shape index (κ3) is 9.25. The Morgan fingerprint density at radius 1 is 0.696 bits per heavy atom. The summed E-state index contributed by atoms with van der Waals surface area (Å²) in [5, 5.41) is 9.56. The van der Waals surface area contributed by atoms with Gasteiger partial charge in [0.25, 0.3) is 0 Å². The van der Waals surface area contributed by atoms with Crippen molar-refractivity contribution in [1.29, 1.82) is 0 Å². The Balaban J connectivity index is 2.31. The molecule has 7 heteroatoms. The van der Waals surface area contributed by atoms with E-state index in [-0.39, 0.29) is 5.75 Å². The van der Waals surface area contributed by atoms with Crippen molar-refractivity contribution < 1.29 is 33.5 Å². The van der Waals surface area contributed by atoms with E-state index >= 15 is 0 Å². The van der Waals surface area contributed by atoms with Gasteiger partial charge < -0.3 is 33.5 Å². The first-order valence-corrected chi connectivity index (χ1v) is 7.50. The monoisotopic (exact) mass is 330 g/mol. The Hall–Kier alpha value is -1.54. The van der Waals surface area contributed by atoms with Gasteiger partial charge >= 0.3 is 0 Å². The third-order valence-electron chi connectivity index (χ3n) is 2.76. The number of hydrogen-bond donors (Lipinski definition) is 1. The highest BCUT2D eigenvalue weighted by Crippen LogP contribution is 2.30. The fourth-order valence-corrected chi connectivity index (χ4v) is 1.64. The summed E-state index contributed by atoms with van der Waals surface area (Å²) in [7, 11) is 3.24. The quantitative estimate of drug-likeness (QED) is 0.518. The predicted molar refractivity (Wildman–Crippen MR) is 84.5 cm³/mol. The smallest absolute Gasteiger partial charge is 0.164 e. The van der Waals surface area contributed by atoms with Gasteiger partial charge in [-0.15, -0.1) is 0 Å². The Morgan fingerprint density at radius 2 is 1.22 bits per heavy atom. The fourth-order valence-electron chi connectivity index (χ4n) is 1.64. The van der Waals surface area contributed by atoms with Crippen molar-refractivity contribution in [1.82, 2.24) is 0 Å². The Bertz CT molecular complexity index is 411. The molecule has 0 amide bonds. The summed E-state index contributed by atoms with van der Waals surface area (Å²) < 4.78 is 31.6. The van der Waals surface area contributed by atoms with Crippen LogP contribution in [-0.2, 0) is 18.9 Å². The standard InChI is InChI=1S/C16H26O7/c1-18-5-7-20-9-11-22-15-4-3-14(17)13-16(15)23-12-10-21-8-6-19-2/h3-4,13,17H,5-12H2,1-2H3. The number of phenolic OH excluding ortho intramolecular Hbond substituents is 1. The first-order chi connectivity index (χ1) is 11.3. The average molecular weight is 330 g/mol. The highest BCUT2D eigenvalue weighted by molar-refractivity contribution is 5.45. The highest BCUT2D eigenvalue weighted by atomic mass is 16.6. The molecule has 1 aromatic carbocycles. The second kappa shape index (κ2) is 13.0. The molecule has 1 rings (SSSR count). The molecule has 1 N–H and O–H groups in total. The lowest BCUT2D eigenvalue weighted by molar-refractivity contribution is 0.0498. The van der Waals surface area contributed by atoms with Gasteiger partial charge in [0.15, 0.2) is 11.5 Å². The molecule has 0 aliphatic rings. The SMILES string of the molecule is COCCOCCOc1ccc(O)cc1OCCOCCOC. The Kier molecular flexibility index (Phi) is 11.0. The zero-order valence-electron chi connectivity index (χ0n) is 13.8. The van der Waals surface area contributed by atoms with Crippen LogP contribution in [-0.4, -0.2) is 72.2 Å².